The van der Waals surface area contributed by atoms with Crippen LogP contribution in [-0.2, 0) is 19.6 Å². The van der Waals surface area contributed by atoms with Gasteiger partial charge in [-0.1, -0.05) is 18.5 Å². The first-order chi connectivity index (χ1) is 10.7. The molecule has 1 aromatic carbocycles. The van der Waals surface area contributed by atoms with Crippen molar-refractivity contribution in [3.8, 4) is 0 Å². The maximum atomic E-state index is 12.5. The number of nitrogens with one attached hydrogen (secondary N) is 1. The highest BCUT2D eigenvalue weighted by atomic mass is 35.5. The summed E-state index contributed by atoms with van der Waals surface area (Å²) in [5.41, 5.74) is 0.401. The number of sulfonamides is 1. The lowest BCUT2D eigenvalue weighted by Gasteiger charge is -2.31. The summed E-state index contributed by atoms with van der Waals surface area (Å²) in [5.74, 6) is -0.363. The van der Waals surface area contributed by atoms with E-state index in [2.05, 4.69) is 5.32 Å². The molecule has 0 spiro atoms. The number of anilines is 1. The van der Waals surface area contributed by atoms with Crippen molar-refractivity contribution < 1.29 is 17.9 Å². The van der Waals surface area contributed by atoms with Crippen LogP contribution < -0.4 is 9.62 Å². The largest absolute Gasteiger partial charge is 0.383 e. The van der Waals surface area contributed by atoms with Gasteiger partial charge in [-0.25, -0.2) is 8.42 Å². The Hall–Kier alpha value is -1.31. The zero-order valence-electron chi connectivity index (χ0n) is 13.7. The Morgan fingerprint density at radius 1 is 1.35 bits per heavy atom. The van der Waals surface area contributed by atoms with E-state index in [-0.39, 0.29) is 11.9 Å². The average molecular weight is 363 g/mol. The Kier molecular flexibility index (Phi) is 7.31. The fourth-order valence-corrected chi connectivity index (χ4v) is 3.62. The van der Waals surface area contributed by atoms with E-state index in [4.69, 9.17) is 16.3 Å². The topological polar surface area (TPSA) is 75.7 Å². The number of hydrogen-bond donors (Lipinski definition) is 1. The minimum atomic E-state index is -3.64. The van der Waals surface area contributed by atoms with Crippen LogP contribution in [0.5, 0.6) is 0 Å². The number of benzene rings is 1. The molecule has 0 heterocycles. The molecule has 1 aromatic rings. The second-order valence-electron chi connectivity index (χ2n) is 5.32. The highest BCUT2D eigenvalue weighted by Crippen LogP contribution is 2.24. The molecule has 0 unspecified atom stereocenters. The number of rotatable bonds is 8. The van der Waals surface area contributed by atoms with E-state index in [1.54, 1.807) is 38.1 Å². The Bertz CT molecular complexity index is 619. The fraction of sp³-hybridized carbons (Fsp3) is 0.533. The molecule has 130 valence electrons. The summed E-state index contributed by atoms with van der Waals surface area (Å²) in [5, 5.41) is 3.26. The predicted octanol–water partition coefficient (Wildman–Crippen LogP) is 2.04. The van der Waals surface area contributed by atoms with E-state index in [0.717, 1.165) is 10.6 Å². The van der Waals surface area contributed by atoms with Crippen molar-refractivity contribution in [1.82, 2.24) is 5.32 Å². The molecule has 0 radical (unpaired) electrons. The fourth-order valence-electron chi connectivity index (χ4n) is 2.28. The minimum Gasteiger partial charge on any atom is -0.383 e. The molecule has 0 aliphatic rings. The average Bonchev–Trinajstić information content (AvgIpc) is 2.44. The molecule has 0 bridgehead atoms. The third-order valence-electron chi connectivity index (χ3n) is 3.22. The van der Waals surface area contributed by atoms with E-state index >= 15 is 0 Å². The molecule has 1 rings (SSSR count). The normalized spacial score (nSPS) is 14.1. The van der Waals surface area contributed by atoms with Gasteiger partial charge >= 0.3 is 0 Å². The summed E-state index contributed by atoms with van der Waals surface area (Å²) in [6.07, 6.45) is 1.41. The van der Waals surface area contributed by atoms with Crippen molar-refractivity contribution in [1.29, 1.82) is 0 Å². The van der Waals surface area contributed by atoms with Gasteiger partial charge in [-0.05, 0) is 37.6 Å². The second-order valence-corrected chi connectivity index (χ2v) is 7.62. The number of carbonyl (C=O) groups excluding carboxylic acids is 1. The molecular weight excluding hydrogens is 340 g/mol. The first-order valence-electron chi connectivity index (χ1n) is 7.25. The molecule has 8 heteroatoms. The van der Waals surface area contributed by atoms with Crippen molar-refractivity contribution in [2.45, 2.75) is 32.4 Å². The van der Waals surface area contributed by atoms with Gasteiger partial charge < -0.3 is 10.1 Å². The van der Waals surface area contributed by atoms with Crippen LogP contribution >= 0.6 is 11.6 Å². The van der Waals surface area contributed by atoms with Crippen molar-refractivity contribution >= 4 is 33.2 Å². The van der Waals surface area contributed by atoms with Crippen LogP contribution in [0.2, 0.25) is 5.02 Å². The lowest BCUT2D eigenvalue weighted by atomic mass is 10.1. The molecule has 23 heavy (non-hydrogen) atoms. The van der Waals surface area contributed by atoms with Crippen molar-refractivity contribution in [2.24, 2.45) is 0 Å². The van der Waals surface area contributed by atoms with Gasteiger partial charge in [0.2, 0.25) is 15.9 Å². The number of halogens is 1. The molecule has 6 nitrogen and oxygen atoms in total. The van der Waals surface area contributed by atoms with E-state index in [1.165, 1.54) is 7.11 Å². The number of carbonyl (C=O) groups is 1. The smallest absolute Gasteiger partial charge is 0.244 e. The van der Waals surface area contributed by atoms with Gasteiger partial charge in [0.1, 0.15) is 6.04 Å². The molecule has 0 fully saturated rings. The Labute approximate surface area is 142 Å². The maximum absolute atomic E-state index is 12.5. The Balaban J connectivity index is 3.13. The van der Waals surface area contributed by atoms with E-state index in [1.807, 2.05) is 0 Å². The number of nitrogens with zero attached hydrogens (tertiary/aromatic N) is 1. The van der Waals surface area contributed by atoms with E-state index in [9.17, 15) is 13.2 Å². The zero-order valence-corrected chi connectivity index (χ0v) is 15.3. The Morgan fingerprint density at radius 3 is 2.35 bits per heavy atom. The van der Waals surface area contributed by atoms with E-state index < -0.39 is 16.1 Å². The molecule has 0 aliphatic carbocycles. The van der Waals surface area contributed by atoms with Crippen LogP contribution in [0, 0.1) is 0 Å². The number of amides is 1. The van der Waals surface area contributed by atoms with Crippen LogP contribution in [-0.4, -0.2) is 46.4 Å². The molecule has 0 saturated carbocycles. The monoisotopic (exact) mass is 362 g/mol. The van der Waals surface area contributed by atoms with E-state index in [0.29, 0.717) is 23.7 Å². The summed E-state index contributed by atoms with van der Waals surface area (Å²) in [6, 6.07) is 5.29. The maximum Gasteiger partial charge on any atom is 0.244 e. The third-order valence-corrected chi connectivity index (χ3v) is 4.65. The van der Waals surface area contributed by atoms with Crippen LogP contribution in [0.25, 0.3) is 0 Å². The quantitative estimate of drug-likeness (QED) is 0.767. The first-order valence-corrected chi connectivity index (χ1v) is 9.47. The summed E-state index contributed by atoms with van der Waals surface area (Å²) in [6.45, 7) is 3.91. The lowest BCUT2D eigenvalue weighted by Crippen LogP contribution is -2.51. The first kappa shape index (κ1) is 19.7. The van der Waals surface area contributed by atoms with Crippen molar-refractivity contribution in [3.05, 3.63) is 29.3 Å². The van der Waals surface area contributed by atoms with Crippen LogP contribution in [0.4, 0.5) is 5.69 Å². The van der Waals surface area contributed by atoms with Gasteiger partial charge in [-0.2, -0.15) is 0 Å². The van der Waals surface area contributed by atoms with Gasteiger partial charge in [-0.3, -0.25) is 9.10 Å². The van der Waals surface area contributed by atoms with Gasteiger partial charge in [0.25, 0.3) is 0 Å². The molecule has 1 N–H and O–H groups in total. The Morgan fingerprint density at radius 2 is 1.91 bits per heavy atom. The van der Waals surface area contributed by atoms with Crippen molar-refractivity contribution in [2.75, 3.05) is 24.3 Å². The third kappa shape index (κ3) is 5.67. The standard InChI is InChI=1S/C15H23ClN2O4S/c1-5-14(15(19)17-11(2)10-22-3)18(23(4,20)21)13-8-6-12(16)7-9-13/h6-9,11,14H,5,10H2,1-4H3,(H,17,19)/t11-,14-/m0/s1. The van der Waals surface area contributed by atoms with Crippen LogP contribution in [0.15, 0.2) is 24.3 Å². The number of methoxy groups -OCH3 is 1. The highest BCUT2D eigenvalue weighted by Gasteiger charge is 2.31. The predicted molar refractivity (Wildman–Crippen MR) is 92.3 cm³/mol. The second kappa shape index (κ2) is 8.52. The molecule has 0 aromatic heterocycles. The van der Waals surface area contributed by atoms with Gasteiger partial charge in [-0.15, -0.1) is 0 Å². The van der Waals surface area contributed by atoms with Crippen LogP contribution in [0.3, 0.4) is 0 Å². The zero-order chi connectivity index (χ0) is 17.6. The summed E-state index contributed by atoms with van der Waals surface area (Å²) >= 11 is 5.85. The van der Waals surface area contributed by atoms with Crippen LogP contribution in [0.1, 0.15) is 20.3 Å². The molecule has 2 atom stereocenters. The number of hydrogen-bond acceptors (Lipinski definition) is 4. The van der Waals surface area contributed by atoms with Gasteiger partial charge in [0, 0.05) is 18.2 Å². The van der Waals surface area contributed by atoms with Gasteiger partial charge in [0.05, 0.1) is 18.6 Å². The summed E-state index contributed by atoms with van der Waals surface area (Å²) in [4.78, 5) is 12.5. The SMILES string of the molecule is CC[C@@H](C(=O)N[C@@H](C)COC)N(c1ccc(Cl)cc1)S(C)(=O)=O. The molecule has 0 saturated heterocycles. The minimum absolute atomic E-state index is 0.215. The molecular formula is C15H23ClN2O4S. The van der Waals surface area contributed by atoms with Crippen molar-refractivity contribution in [3.63, 3.8) is 0 Å². The number of ether oxygens (including phenoxy) is 1. The highest BCUT2D eigenvalue weighted by molar-refractivity contribution is 7.92. The van der Waals surface area contributed by atoms with Gasteiger partial charge in [0.15, 0.2) is 0 Å². The molecule has 0 aliphatic heterocycles. The summed E-state index contributed by atoms with van der Waals surface area (Å²) < 4.78 is 30.5. The summed E-state index contributed by atoms with van der Waals surface area (Å²) in [7, 11) is -2.10. The molecule has 1 amide bonds. The lowest BCUT2D eigenvalue weighted by molar-refractivity contribution is -0.123.